The number of hydrogen-bond acceptors (Lipinski definition) is 5. The van der Waals surface area contributed by atoms with Crippen molar-refractivity contribution in [1.29, 1.82) is 0 Å². The molecule has 2 atom stereocenters. The van der Waals surface area contributed by atoms with E-state index in [2.05, 4.69) is 26.7 Å². The van der Waals surface area contributed by atoms with Crippen LogP contribution in [0.1, 0.15) is 48.5 Å². The largest absolute Gasteiger partial charge is 0.420 e. The summed E-state index contributed by atoms with van der Waals surface area (Å²) in [7, 11) is 0. The van der Waals surface area contributed by atoms with Crippen LogP contribution in [0.4, 0.5) is 24.8 Å². The maximum Gasteiger partial charge on any atom is 0.420 e. The van der Waals surface area contributed by atoms with E-state index < -0.39 is 11.7 Å². The van der Waals surface area contributed by atoms with Gasteiger partial charge in [-0.3, -0.25) is 0 Å². The number of benzene rings is 1. The first-order valence-electron chi connectivity index (χ1n) is 8.19. The molecule has 8 heteroatoms. The van der Waals surface area contributed by atoms with E-state index in [1.807, 2.05) is 12.1 Å². The molecule has 1 aromatic carbocycles. The highest BCUT2D eigenvalue weighted by Crippen LogP contribution is 2.45. The molecule has 25 heavy (non-hydrogen) atoms. The summed E-state index contributed by atoms with van der Waals surface area (Å²) in [5.41, 5.74) is 2.58. The van der Waals surface area contributed by atoms with Gasteiger partial charge in [0, 0.05) is 24.0 Å². The van der Waals surface area contributed by atoms with E-state index in [1.54, 1.807) is 6.92 Å². The van der Waals surface area contributed by atoms with Gasteiger partial charge in [0.15, 0.2) is 0 Å². The predicted octanol–water partition coefficient (Wildman–Crippen LogP) is 4.83. The Labute approximate surface area is 147 Å². The molecule has 0 amide bonds. The molecule has 0 radical (unpaired) electrons. The molecule has 2 N–H and O–H groups in total. The van der Waals surface area contributed by atoms with Crippen molar-refractivity contribution in [3.05, 3.63) is 41.1 Å². The normalized spacial score (nSPS) is 21.4. The summed E-state index contributed by atoms with van der Waals surface area (Å²) in [5.74, 6) is 0.688. The van der Waals surface area contributed by atoms with Crippen molar-refractivity contribution in [1.82, 2.24) is 15.3 Å². The Hall–Kier alpha value is -1.80. The lowest BCUT2D eigenvalue weighted by molar-refractivity contribution is -0.140. The summed E-state index contributed by atoms with van der Waals surface area (Å²) in [5, 5.41) is 6.54. The number of thioether (sulfide) groups is 1. The average molecular weight is 366 g/mol. The fraction of sp³-hybridized carbons (Fsp3) is 0.412. The molecule has 2 aliphatic rings. The van der Waals surface area contributed by atoms with Gasteiger partial charge in [-0.15, -0.1) is 11.8 Å². The van der Waals surface area contributed by atoms with Crippen LogP contribution in [-0.4, -0.2) is 15.7 Å². The third-order valence-electron chi connectivity index (χ3n) is 4.58. The first-order valence-corrected chi connectivity index (χ1v) is 9.18. The molecular formula is C17H17F3N4S. The van der Waals surface area contributed by atoms with Crippen LogP contribution < -0.4 is 10.6 Å². The molecule has 3 heterocycles. The molecule has 132 valence electrons. The Morgan fingerprint density at radius 3 is 2.72 bits per heavy atom. The quantitative estimate of drug-likeness (QED) is 0.600. The number of halogens is 3. The molecule has 0 aliphatic carbocycles. The monoisotopic (exact) mass is 366 g/mol. The van der Waals surface area contributed by atoms with Crippen molar-refractivity contribution in [2.75, 3.05) is 11.1 Å². The maximum absolute atomic E-state index is 13.0. The lowest BCUT2D eigenvalue weighted by atomic mass is 9.91. The van der Waals surface area contributed by atoms with Gasteiger partial charge in [-0.25, -0.2) is 9.97 Å². The van der Waals surface area contributed by atoms with Crippen LogP contribution >= 0.6 is 11.8 Å². The van der Waals surface area contributed by atoms with Gasteiger partial charge < -0.3 is 10.6 Å². The van der Waals surface area contributed by atoms with Gasteiger partial charge in [0.25, 0.3) is 0 Å². The zero-order valence-electron chi connectivity index (χ0n) is 13.5. The van der Waals surface area contributed by atoms with Crippen LogP contribution in [0.3, 0.4) is 0 Å². The molecule has 1 aromatic heterocycles. The molecule has 0 spiro atoms. The summed E-state index contributed by atoms with van der Waals surface area (Å²) >= 11 is 1.06. The minimum Gasteiger partial charge on any atom is -0.324 e. The lowest BCUT2D eigenvalue weighted by Gasteiger charge is -2.16. The molecule has 2 aromatic rings. The number of anilines is 2. The van der Waals surface area contributed by atoms with Crippen molar-refractivity contribution in [3.8, 4) is 0 Å². The summed E-state index contributed by atoms with van der Waals surface area (Å²) in [6.45, 7) is 1.79. The van der Waals surface area contributed by atoms with Gasteiger partial charge in [-0.2, -0.15) is 13.2 Å². The number of alkyl halides is 3. The second-order valence-electron chi connectivity index (χ2n) is 6.16. The van der Waals surface area contributed by atoms with Crippen molar-refractivity contribution < 1.29 is 13.2 Å². The van der Waals surface area contributed by atoms with Crippen LogP contribution in [-0.2, 0) is 6.18 Å². The first-order chi connectivity index (χ1) is 12.0. The Morgan fingerprint density at radius 2 is 2.00 bits per heavy atom. The molecule has 0 saturated carbocycles. The van der Waals surface area contributed by atoms with E-state index in [-0.39, 0.29) is 11.0 Å². The molecular weight excluding hydrogens is 349 g/mol. The SMILES string of the molecule is CCSc1nc(Nc2ccc3c(c2)[C@H]2CC[C@@H]3N2)ncc1C(F)(F)F. The summed E-state index contributed by atoms with van der Waals surface area (Å²) in [6, 6.07) is 6.85. The highest BCUT2D eigenvalue weighted by Gasteiger charge is 2.36. The number of nitrogens with one attached hydrogen (secondary N) is 2. The molecule has 2 aliphatic heterocycles. The van der Waals surface area contributed by atoms with E-state index in [1.165, 1.54) is 11.1 Å². The van der Waals surface area contributed by atoms with E-state index in [9.17, 15) is 13.2 Å². The Kier molecular flexibility index (Phi) is 4.11. The van der Waals surface area contributed by atoms with E-state index >= 15 is 0 Å². The third kappa shape index (κ3) is 3.08. The van der Waals surface area contributed by atoms with Crippen LogP contribution in [0.15, 0.2) is 29.4 Å². The van der Waals surface area contributed by atoms with Gasteiger partial charge in [-0.05, 0) is 41.9 Å². The van der Waals surface area contributed by atoms with Gasteiger partial charge >= 0.3 is 6.18 Å². The topological polar surface area (TPSA) is 49.8 Å². The molecule has 1 saturated heterocycles. The van der Waals surface area contributed by atoms with E-state index in [0.29, 0.717) is 17.8 Å². The highest BCUT2D eigenvalue weighted by molar-refractivity contribution is 7.99. The Bertz CT molecular complexity index is 809. The fourth-order valence-corrected chi connectivity index (χ4v) is 4.25. The van der Waals surface area contributed by atoms with Crippen LogP contribution in [0.5, 0.6) is 0 Å². The number of nitrogens with zero attached hydrogens (tertiary/aromatic N) is 2. The third-order valence-corrected chi connectivity index (χ3v) is 5.45. The molecule has 2 bridgehead atoms. The lowest BCUT2D eigenvalue weighted by Crippen LogP contribution is -2.11. The number of aromatic nitrogens is 2. The summed E-state index contributed by atoms with van der Waals surface area (Å²) < 4.78 is 39.1. The zero-order valence-corrected chi connectivity index (χ0v) is 14.3. The minimum absolute atomic E-state index is 0.0469. The maximum atomic E-state index is 13.0. The van der Waals surface area contributed by atoms with Gasteiger partial charge in [-0.1, -0.05) is 13.0 Å². The first kappa shape index (κ1) is 16.7. The molecule has 4 nitrogen and oxygen atoms in total. The van der Waals surface area contributed by atoms with Crippen molar-refractivity contribution in [2.24, 2.45) is 0 Å². The average Bonchev–Trinajstić information content (AvgIpc) is 3.16. The molecule has 4 rings (SSSR count). The summed E-state index contributed by atoms with van der Waals surface area (Å²) in [6.07, 6.45) is -1.32. The minimum atomic E-state index is -4.45. The zero-order chi connectivity index (χ0) is 17.6. The Morgan fingerprint density at radius 1 is 1.24 bits per heavy atom. The number of hydrogen-bond donors (Lipinski definition) is 2. The van der Waals surface area contributed by atoms with Crippen LogP contribution in [0, 0.1) is 0 Å². The van der Waals surface area contributed by atoms with E-state index in [0.717, 1.165) is 36.5 Å². The van der Waals surface area contributed by atoms with Gasteiger partial charge in [0.2, 0.25) is 5.95 Å². The second-order valence-corrected chi connectivity index (χ2v) is 7.41. The molecule has 1 fully saturated rings. The van der Waals surface area contributed by atoms with Crippen LogP contribution in [0.2, 0.25) is 0 Å². The Balaban J connectivity index is 1.61. The van der Waals surface area contributed by atoms with Gasteiger partial charge in [0.05, 0.1) is 0 Å². The predicted molar refractivity (Wildman–Crippen MR) is 91.0 cm³/mol. The van der Waals surface area contributed by atoms with Crippen molar-refractivity contribution in [3.63, 3.8) is 0 Å². The van der Waals surface area contributed by atoms with Crippen molar-refractivity contribution >= 4 is 23.4 Å². The number of fused-ring (bicyclic) bond motifs is 5. The number of rotatable bonds is 4. The second kappa shape index (κ2) is 6.17. The van der Waals surface area contributed by atoms with Crippen molar-refractivity contribution in [2.45, 2.75) is 43.1 Å². The van der Waals surface area contributed by atoms with Gasteiger partial charge in [0.1, 0.15) is 10.6 Å². The molecule has 0 unspecified atom stereocenters. The van der Waals surface area contributed by atoms with Crippen LogP contribution in [0.25, 0.3) is 0 Å². The van der Waals surface area contributed by atoms with E-state index in [4.69, 9.17) is 0 Å². The highest BCUT2D eigenvalue weighted by atomic mass is 32.2. The summed E-state index contributed by atoms with van der Waals surface area (Å²) in [4.78, 5) is 7.92. The smallest absolute Gasteiger partial charge is 0.324 e. The fourth-order valence-electron chi connectivity index (χ4n) is 3.50. The standard InChI is InChI=1S/C17H17F3N4S/c1-2-25-15-12(17(18,19)20)8-21-16(24-15)22-9-3-4-10-11(7-9)14-6-5-13(10)23-14/h3-4,7-8,13-14,23H,2,5-6H2,1H3,(H,21,22,24)/t13-,14+/m0/s1.